The van der Waals surface area contributed by atoms with E-state index in [4.69, 9.17) is 56.4 Å². The largest absolute Gasteiger partial charge is 0.462 e. The van der Waals surface area contributed by atoms with Crippen LogP contribution in [0, 0.1) is 5.41 Å². The SMILES string of the molecule is CC(=O)CC(CO)(CO)CO.CC(=O)OCC(COC(C)=O)OC(C)=O.NC(CO)(CO)CO.OCC(O)CO. The van der Waals surface area contributed by atoms with Crippen LogP contribution in [0.1, 0.15) is 34.1 Å². The van der Waals surface area contributed by atoms with E-state index in [-0.39, 0.29) is 58.5 Å². The van der Waals surface area contributed by atoms with E-state index in [0.29, 0.717) is 0 Å². The van der Waals surface area contributed by atoms with Crippen LogP contribution >= 0.6 is 0 Å². The molecule has 0 aliphatic carbocycles. The molecule has 17 heteroatoms. The van der Waals surface area contributed by atoms with E-state index in [2.05, 4.69) is 9.47 Å². The molecule has 11 N–H and O–H groups in total. The zero-order valence-electron chi connectivity index (χ0n) is 23.4. The summed E-state index contributed by atoms with van der Waals surface area (Å²) < 4.78 is 14.0. The van der Waals surface area contributed by atoms with Gasteiger partial charge in [0, 0.05) is 32.6 Å². The topological polar surface area (TPSA) is 304 Å². The number of carbonyl (C=O) groups excluding carboxylic acids is 4. The molecule has 0 rings (SSSR count). The fourth-order valence-corrected chi connectivity index (χ4v) is 1.82. The number of nitrogens with two attached hydrogens (primary N) is 1. The van der Waals surface area contributed by atoms with Crippen molar-refractivity contribution in [2.24, 2.45) is 11.1 Å². The third kappa shape index (κ3) is 28.7. The maximum absolute atomic E-state index is 10.6. The predicted molar refractivity (Wildman–Crippen MR) is 136 cm³/mol. The number of hydrogen-bond donors (Lipinski definition) is 10. The quantitative estimate of drug-likeness (QED) is 0.0627. The van der Waals surface area contributed by atoms with Gasteiger partial charge in [0.1, 0.15) is 25.1 Å². The van der Waals surface area contributed by atoms with E-state index >= 15 is 0 Å². The fourth-order valence-electron chi connectivity index (χ4n) is 1.82. The molecule has 0 saturated heterocycles. The van der Waals surface area contributed by atoms with Crippen molar-refractivity contribution < 1.29 is 79.3 Å². The van der Waals surface area contributed by atoms with Crippen LogP contribution in [0.25, 0.3) is 0 Å². The van der Waals surface area contributed by atoms with Crippen LogP contribution in [0.4, 0.5) is 0 Å². The van der Waals surface area contributed by atoms with Crippen molar-refractivity contribution in [1.29, 1.82) is 0 Å². The lowest BCUT2D eigenvalue weighted by molar-refractivity contribution is -0.163. The lowest BCUT2D eigenvalue weighted by atomic mass is 9.86. The number of hydrogen-bond acceptors (Lipinski definition) is 17. The molecule has 0 heterocycles. The van der Waals surface area contributed by atoms with Gasteiger partial charge >= 0.3 is 17.9 Å². The van der Waals surface area contributed by atoms with Crippen molar-refractivity contribution in [3.8, 4) is 0 Å². The van der Waals surface area contributed by atoms with E-state index in [1.165, 1.54) is 27.7 Å². The number of ketones is 1. The highest BCUT2D eigenvalue weighted by Crippen LogP contribution is 2.19. The number of carbonyl (C=O) groups is 4. The highest BCUT2D eigenvalue weighted by atomic mass is 16.6. The van der Waals surface area contributed by atoms with Crippen molar-refractivity contribution in [2.75, 3.05) is 66.1 Å². The summed E-state index contributed by atoms with van der Waals surface area (Å²) in [7, 11) is 0. The molecule has 0 bridgehead atoms. The van der Waals surface area contributed by atoms with Gasteiger partial charge in [-0.15, -0.1) is 0 Å². The molecule has 0 amide bonds. The summed E-state index contributed by atoms with van der Waals surface area (Å²) in [5.41, 5.74) is 2.90. The van der Waals surface area contributed by atoms with Crippen molar-refractivity contribution in [3.63, 3.8) is 0 Å². The lowest BCUT2D eigenvalue weighted by Crippen LogP contribution is -2.50. The average molecular weight is 594 g/mol. The molecule has 0 aliphatic heterocycles. The van der Waals surface area contributed by atoms with Gasteiger partial charge in [0.15, 0.2) is 6.10 Å². The molecule has 0 spiro atoms. The van der Waals surface area contributed by atoms with Gasteiger partial charge in [-0.3, -0.25) is 14.4 Å². The van der Waals surface area contributed by atoms with Gasteiger partial charge < -0.3 is 70.7 Å². The van der Waals surface area contributed by atoms with Crippen LogP contribution in [-0.2, 0) is 33.4 Å². The maximum Gasteiger partial charge on any atom is 0.303 e. The van der Waals surface area contributed by atoms with Gasteiger partial charge in [0.25, 0.3) is 0 Å². The number of aliphatic hydroxyl groups is 9. The summed E-state index contributed by atoms with van der Waals surface area (Å²) >= 11 is 0. The number of esters is 3. The minimum absolute atomic E-state index is 0.0104. The number of ether oxygens (including phenoxy) is 3. The Labute approximate surface area is 232 Å². The van der Waals surface area contributed by atoms with Crippen molar-refractivity contribution in [3.05, 3.63) is 0 Å². The lowest BCUT2D eigenvalue weighted by Gasteiger charge is -2.25. The van der Waals surface area contributed by atoms with Crippen LogP contribution in [0.15, 0.2) is 0 Å². The first-order valence-electron chi connectivity index (χ1n) is 11.8. The van der Waals surface area contributed by atoms with Gasteiger partial charge in [-0.25, -0.2) is 0 Å². The summed E-state index contributed by atoms with van der Waals surface area (Å²) in [6.07, 6.45) is -1.70. The van der Waals surface area contributed by atoms with Gasteiger partial charge in [-0.2, -0.15) is 0 Å². The number of Topliss-reactive ketones (excluding diaryl/α,β-unsaturated/α-hetero) is 1. The Balaban J connectivity index is -0.000000229. The molecule has 17 nitrogen and oxygen atoms in total. The zero-order valence-corrected chi connectivity index (χ0v) is 23.4. The first-order chi connectivity index (χ1) is 18.5. The third-order valence-electron chi connectivity index (χ3n) is 4.27. The molecule has 40 heavy (non-hydrogen) atoms. The van der Waals surface area contributed by atoms with Gasteiger partial charge in [0.2, 0.25) is 0 Å². The standard InChI is InChI=1S/C9H14O6.C7H14O4.C4H11NO3.C3H8O3/c1-6(10)13-4-9(15-8(3)12)5-14-7(2)11;1-6(11)2-7(3-8,4-9)5-10;5-4(1-6,2-7)3-8;4-1-3(6)2-5/h9H,4-5H2,1-3H3;8-10H,2-5H2,1H3;6-8H,1-3,5H2;3-6H,1-2H2. The van der Waals surface area contributed by atoms with E-state index < -0.39 is 60.9 Å². The molecular weight excluding hydrogens is 546 g/mol. The first-order valence-corrected chi connectivity index (χ1v) is 11.8. The van der Waals surface area contributed by atoms with Gasteiger partial charge in [-0.05, 0) is 6.92 Å². The second kappa shape index (κ2) is 26.9. The normalized spacial score (nSPS) is 10.7. The first kappa shape index (κ1) is 44.7. The van der Waals surface area contributed by atoms with Crippen LogP contribution in [0.2, 0.25) is 0 Å². The van der Waals surface area contributed by atoms with E-state index in [0.717, 1.165) is 0 Å². The van der Waals surface area contributed by atoms with Crippen molar-refractivity contribution in [2.45, 2.75) is 51.9 Å². The van der Waals surface area contributed by atoms with Crippen molar-refractivity contribution in [1.82, 2.24) is 0 Å². The average Bonchev–Trinajstić information content (AvgIpc) is 2.92. The van der Waals surface area contributed by atoms with Crippen LogP contribution in [0.5, 0.6) is 0 Å². The predicted octanol–water partition coefficient (Wildman–Crippen LogP) is -5.03. The molecule has 0 aromatic carbocycles. The Kier molecular flexibility index (Phi) is 30.0. The highest BCUT2D eigenvalue weighted by Gasteiger charge is 2.29. The number of rotatable bonds is 15. The van der Waals surface area contributed by atoms with Crippen LogP contribution < -0.4 is 5.73 Å². The van der Waals surface area contributed by atoms with E-state index in [9.17, 15) is 19.2 Å². The van der Waals surface area contributed by atoms with Gasteiger partial charge in [-0.1, -0.05) is 0 Å². The summed E-state index contributed by atoms with van der Waals surface area (Å²) in [5.74, 6) is -1.66. The third-order valence-corrected chi connectivity index (χ3v) is 4.27. The summed E-state index contributed by atoms with van der Waals surface area (Å²) in [4.78, 5) is 42.2. The Morgan fingerprint density at radius 2 is 1.00 bits per heavy atom. The summed E-state index contributed by atoms with van der Waals surface area (Å²) in [6.45, 7) is 1.73. The van der Waals surface area contributed by atoms with E-state index in [1.54, 1.807) is 0 Å². The minimum Gasteiger partial charge on any atom is -0.462 e. The molecule has 0 saturated carbocycles. The number of aliphatic hydroxyl groups excluding tert-OH is 9. The molecule has 0 aromatic heterocycles. The Morgan fingerprint density at radius 1 is 0.650 bits per heavy atom. The molecule has 0 radical (unpaired) electrons. The highest BCUT2D eigenvalue weighted by molar-refractivity contribution is 5.76. The molecule has 0 unspecified atom stereocenters. The Bertz CT molecular complexity index is 629. The van der Waals surface area contributed by atoms with Crippen LogP contribution in [0.3, 0.4) is 0 Å². The monoisotopic (exact) mass is 593 g/mol. The maximum atomic E-state index is 10.6. The van der Waals surface area contributed by atoms with Gasteiger partial charge in [0.05, 0.1) is 58.4 Å². The molecule has 0 aromatic rings. The molecule has 0 fully saturated rings. The molecule has 0 atom stereocenters. The Hall–Kier alpha value is -2.32. The second-order valence-electron chi connectivity index (χ2n) is 8.55. The smallest absolute Gasteiger partial charge is 0.303 e. The molecular formula is C23H47NO16. The molecule has 0 aliphatic rings. The fraction of sp³-hybridized carbons (Fsp3) is 0.826. The minimum atomic E-state index is -1.21. The Morgan fingerprint density at radius 3 is 1.12 bits per heavy atom. The molecule has 240 valence electrons. The summed E-state index contributed by atoms with van der Waals surface area (Å²) in [6, 6.07) is 0. The van der Waals surface area contributed by atoms with Crippen LogP contribution in [-0.4, -0.2) is 153 Å². The van der Waals surface area contributed by atoms with Crippen molar-refractivity contribution >= 4 is 23.7 Å². The van der Waals surface area contributed by atoms with E-state index in [1.807, 2.05) is 0 Å². The second-order valence-corrected chi connectivity index (χ2v) is 8.55. The zero-order chi connectivity index (χ0) is 32.4. The summed E-state index contributed by atoms with van der Waals surface area (Å²) in [5, 5.41) is 75.3.